The largest absolute Gasteiger partial charge is 0.498 e. The van der Waals surface area contributed by atoms with E-state index in [0.29, 0.717) is 6.61 Å². The van der Waals surface area contributed by atoms with Gasteiger partial charge in [-0.05, 0) is 56.9 Å². The second-order valence-corrected chi connectivity index (χ2v) is 6.90. The number of ether oxygens (including phenoxy) is 3. The number of allylic oxidation sites excluding steroid dienone is 4. The monoisotopic (exact) mass is 394 g/mol. The summed E-state index contributed by atoms with van der Waals surface area (Å²) in [5.74, 6) is -1.45. The highest BCUT2D eigenvalue weighted by Crippen LogP contribution is 2.26. The van der Waals surface area contributed by atoms with E-state index in [9.17, 15) is 8.78 Å². The summed E-state index contributed by atoms with van der Waals surface area (Å²) in [6.07, 6.45) is 3.63. The van der Waals surface area contributed by atoms with Crippen LogP contribution < -0.4 is 4.74 Å². The summed E-state index contributed by atoms with van der Waals surface area (Å²) in [5.41, 5.74) is 1.52. The van der Waals surface area contributed by atoms with E-state index in [4.69, 9.17) is 14.2 Å². The van der Waals surface area contributed by atoms with E-state index < -0.39 is 11.7 Å². The Morgan fingerprint density at radius 1 is 1.07 bits per heavy atom. The van der Waals surface area contributed by atoms with Gasteiger partial charge < -0.3 is 14.2 Å². The zero-order valence-electron chi connectivity index (χ0n) is 17.6. The third-order valence-corrected chi connectivity index (χ3v) is 4.57. The van der Waals surface area contributed by atoms with Crippen molar-refractivity contribution in [2.45, 2.75) is 46.6 Å². The Kier molecular flexibility index (Phi) is 10.5. The van der Waals surface area contributed by atoms with Gasteiger partial charge in [-0.25, -0.2) is 8.78 Å². The van der Waals surface area contributed by atoms with Crippen LogP contribution in [-0.2, 0) is 15.9 Å². The van der Waals surface area contributed by atoms with Crippen molar-refractivity contribution >= 4 is 0 Å². The van der Waals surface area contributed by atoms with Crippen LogP contribution in [0.2, 0.25) is 0 Å². The van der Waals surface area contributed by atoms with Gasteiger partial charge in [0.05, 0.1) is 19.8 Å². The van der Waals surface area contributed by atoms with Crippen molar-refractivity contribution in [1.82, 2.24) is 0 Å². The van der Waals surface area contributed by atoms with Gasteiger partial charge in [-0.3, -0.25) is 0 Å². The van der Waals surface area contributed by atoms with Gasteiger partial charge in [-0.1, -0.05) is 25.1 Å². The fourth-order valence-electron chi connectivity index (χ4n) is 2.35. The summed E-state index contributed by atoms with van der Waals surface area (Å²) in [4.78, 5) is 0. The Bertz CT molecular complexity index is 678. The van der Waals surface area contributed by atoms with Gasteiger partial charge in [0, 0.05) is 5.92 Å². The highest BCUT2D eigenvalue weighted by atomic mass is 19.2. The Hall–Kier alpha value is -2.14. The summed E-state index contributed by atoms with van der Waals surface area (Å²) < 4.78 is 44.2. The third-order valence-electron chi connectivity index (χ3n) is 4.57. The minimum absolute atomic E-state index is 0.0813. The molecule has 0 aromatic heterocycles. The SMILES string of the molecule is C=CCCc1ccc(OCC(C)OCC(C)/C(C)=C(F)/C(F)=C(\C)OC)cc1. The number of halogens is 2. The molecule has 0 N–H and O–H groups in total. The quantitative estimate of drug-likeness (QED) is 0.236. The minimum Gasteiger partial charge on any atom is -0.498 e. The van der Waals surface area contributed by atoms with Crippen LogP contribution in [0.15, 0.2) is 59.9 Å². The predicted molar refractivity (Wildman–Crippen MR) is 110 cm³/mol. The molecule has 28 heavy (non-hydrogen) atoms. The number of aryl methyl sites for hydroxylation is 1. The molecule has 0 saturated heterocycles. The van der Waals surface area contributed by atoms with E-state index in [1.165, 1.54) is 19.6 Å². The third kappa shape index (κ3) is 7.85. The molecule has 0 saturated carbocycles. The smallest absolute Gasteiger partial charge is 0.195 e. The summed E-state index contributed by atoms with van der Waals surface area (Å²) in [6.45, 7) is 11.0. The molecule has 0 bridgehead atoms. The first-order valence-electron chi connectivity index (χ1n) is 9.51. The van der Waals surface area contributed by atoms with Gasteiger partial charge >= 0.3 is 0 Å². The molecule has 0 aliphatic carbocycles. The van der Waals surface area contributed by atoms with Gasteiger partial charge in [0.2, 0.25) is 0 Å². The molecule has 0 spiro atoms. The lowest BCUT2D eigenvalue weighted by Crippen LogP contribution is -2.21. The molecule has 3 nitrogen and oxygen atoms in total. The van der Waals surface area contributed by atoms with Crippen LogP contribution in [0.25, 0.3) is 0 Å². The van der Waals surface area contributed by atoms with E-state index in [-0.39, 0.29) is 30.0 Å². The maximum Gasteiger partial charge on any atom is 0.195 e. The van der Waals surface area contributed by atoms with Crippen molar-refractivity contribution in [1.29, 1.82) is 0 Å². The first-order valence-corrected chi connectivity index (χ1v) is 9.51. The molecular weight excluding hydrogens is 362 g/mol. The first-order chi connectivity index (χ1) is 13.3. The lowest BCUT2D eigenvalue weighted by Gasteiger charge is -2.19. The maximum atomic E-state index is 14.2. The fourth-order valence-corrected chi connectivity index (χ4v) is 2.35. The van der Waals surface area contributed by atoms with Crippen molar-refractivity contribution < 1.29 is 23.0 Å². The molecule has 1 aromatic carbocycles. The standard InChI is InChI=1S/C23H32F2O3/c1-7-8-9-20-10-12-21(13-11-20)28-15-17(3)27-14-16(2)18(4)22(24)23(25)19(5)26-6/h7,10-13,16-17H,1,8-9,14-15H2,2-6H3/b22-18-,23-19-. The highest BCUT2D eigenvalue weighted by Gasteiger charge is 2.18. The molecule has 0 amide bonds. The number of methoxy groups -OCH3 is 1. The Morgan fingerprint density at radius 3 is 2.29 bits per heavy atom. The number of hydrogen-bond acceptors (Lipinski definition) is 3. The average Bonchev–Trinajstić information content (AvgIpc) is 2.72. The Balaban J connectivity index is 2.49. The summed E-state index contributed by atoms with van der Waals surface area (Å²) in [7, 11) is 1.31. The van der Waals surface area contributed by atoms with Crippen molar-refractivity contribution in [3.05, 3.63) is 65.5 Å². The van der Waals surface area contributed by atoms with Crippen LogP contribution in [0.3, 0.4) is 0 Å². The normalized spacial score (nSPS) is 15.2. The molecule has 0 radical (unpaired) electrons. The molecule has 2 unspecified atom stereocenters. The van der Waals surface area contributed by atoms with Crippen LogP contribution >= 0.6 is 0 Å². The topological polar surface area (TPSA) is 27.7 Å². The summed E-state index contributed by atoms with van der Waals surface area (Å²) >= 11 is 0. The van der Waals surface area contributed by atoms with E-state index in [0.717, 1.165) is 18.6 Å². The van der Waals surface area contributed by atoms with Crippen molar-refractivity contribution in [3.63, 3.8) is 0 Å². The predicted octanol–water partition coefficient (Wildman–Crippen LogP) is 6.32. The summed E-state index contributed by atoms with van der Waals surface area (Å²) in [5, 5.41) is 0. The lowest BCUT2D eigenvalue weighted by molar-refractivity contribution is 0.0203. The molecular formula is C23H32F2O3. The van der Waals surface area contributed by atoms with Gasteiger partial charge in [0.1, 0.15) is 18.1 Å². The molecule has 0 heterocycles. The van der Waals surface area contributed by atoms with E-state index >= 15 is 0 Å². The van der Waals surface area contributed by atoms with Crippen LogP contribution in [0.4, 0.5) is 8.78 Å². The maximum absolute atomic E-state index is 14.2. The van der Waals surface area contributed by atoms with Gasteiger partial charge in [0.25, 0.3) is 0 Å². The molecule has 0 aliphatic rings. The second-order valence-electron chi connectivity index (χ2n) is 6.90. The van der Waals surface area contributed by atoms with Crippen molar-refractivity contribution in [2.75, 3.05) is 20.3 Å². The zero-order chi connectivity index (χ0) is 21.1. The molecule has 1 rings (SSSR count). The Morgan fingerprint density at radius 2 is 1.71 bits per heavy atom. The van der Waals surface area contributed by atoms with Crippen LogP contribution in [0.1, 0.15) is 39.7 Å². The molecule has 0 fully saturated rings. The molecule has 0 aliphatic heterocycles. The average molecular weight is 395 g/mol. The van der Waals surface area contributed by atoms with Crippen molar-refractivity contribution in [3.8, 4) is 5.75 Å². The molecule has 2 atom stereocenters. The van der Waals surface area contributed by atoms with Crippen LogP contribution in [0.5, 0.6) is 5.75 Å². The molecule has 1 aromatic rings. The van der Waals surface area contributed by atoms with Crippen LogP contribution in [-0.4, -0.2) is 26.4 Å². The van der Waals surface area contributed by atoms with Crippen LogP contribution in [0, 0.1) is 5.92 Å². The van der Waals surface area contributed by atoms with Gasteiger partial charge in [-0.15, -0.1) is 6.58 Å². The van der Waals surface area contributed by atoms with E-state index in [1.54, 1.807) is 13.8 Å². The zero-order valence-corrected chi connectivity index (χ0v) is 17.6. The minimum atomic E-state index is -0.972. The first kappa shape index (κ1) is 23.9. The fraction of sp³-hybridized carbons (Fsp3) is 0.478. The van der Waals surface area contributed by atoms with Gasteiger partial charge in [0.15, 0.2) is 11.7 Å². The summed E-state index contributed by atoms with van der Waals surface area (Å²) in [6, 6.07) is 7.94. The molecule has 156 valence electrons. The van der Waals surface area contributed by atoms with Crippen molar-refractivity contribution in [2.24, 2.45) is 5.92 Å². The number of rotatable bonds is 12. The van der Waals surface area contributed by atoms with Gasteiger partial charge in [-0.2, -0.15) is 0 Å². The number of hydrogen-bond donors (Lipinski definition) is 0. The number of benzene rings is 1. The molecule has 5 heteroatoms. The van der Waals surface area contributed by atoms with E-state index in [2.05, 4.69) is 6.58 Å². The van der Waals surface area contributed by atoms with E-state index in [1.807, 2.05) is 37.3 Å². The second kappa shape index (κ2) is 12.3. The lowest BCUT2D eigenvalue weighted by atomic mass is 10.0. The Labute approximate surface area is 167 Å². The highest BCUT2D eigenvalue weighted by molar-refractivity contribution is 5.28.